The van der Waals surface area contributed by atoms with Gasteiger partial charge in [-0.25, -0.2) is 0 Å². The summed E-state index contributed by atoms with van der Waals surface area (Å²) in [5, 5.41) is 2.97. The Morgan fingerprint density at radius 1 is 1.12 bits per heavy atom. The standard InChI is InChI=1S/C21H27NO3/c1-4-20(25-19-9-5-8-18(15-19)24-3)21(23)22-14-6-7-17-12-10-16(2)11-13-17/h5,8-13,15,20H,4,6-7,14H2,1-3H3,(H,22,23)/t20-/m0/s1. The van der Waals surface area contributed by atoms with Crippen LogP contribution in [-0.4, -0.2) is 25.7 Å². The van der Waals surface area contributed by atoms with E-state index in [9.17, 15) is 4.79 Å². The third kappa shape index (κ3) is 6.14. The maximum atomic E-state index is 12.3. The van der Waals surface area contributed by atoms with Crippen molar-refractivity contribution in [1.29, 1.82) is 0 Å². The fourth-order valence-corrected chi connectivity index (χ4v) is 2.53. The predicted molar refractivity (Wildman–Crippen MR) is 100 cm³/mol. The van der Waals surface area contributed by atoms with Crippen LogP contribution in [0.3, 0.4) is 0 Å². The van der Waals surface area contributed by atoms with Gasteiger partial charge in [0.15, 0.2) is 6.10 Å². The number of hydrogen-bond donors (Lipinski definition) is 1. The lowest BCUT2D eigenvalue weighted by Gasteiger charge is -2.17. The number of ether oxygens (including phenoxy) is 2. The summed E-state index contributed by atoms with van der Waals surface area (Å²) in [6.07, 6.45) is 1.98. The van der Waals surface area contributed by atoms with E-state index in [-0.39, 0.29) is 5.91 Å². The van der Waals surface area contributed by atoms with Crippen molar-refractivity contribution in [3.8, 4) is 11.5 Å². The quantitative estimate of drug-likeness (QED) is 0.704. The van der Waals surface area contributed by atoms with Gasteiger partial charge in [-0.05, 0) is 43.9 Å². The van der Waals surface area contributed by atoms with Crippen LogP contribution < -0.4 is 14.8 Å². The van der Waals surface area contributed by atoms with Crippen molar-refractivity contribution in [2.24, 2.45) is 0 Å². The van der Waals surface area contributed by atoms with Crippen molar-refractivity contribution >= 4 is 5.91 Å². The highest BCUT2D eigenvalue weighted by Crippen LogP contribution is 2.20. The van der Waals surface area contributed by atoms with Gasteiger partial charge in [0, 0.05) is 12.6 Å². The third-order valence-electron chi connectivity index (χ3n) is 4.04. The topological polar surface area (TPSA) is 47.6 Å². The molecule has 0 aliphatic rings. The van der Waals surface area contributed by atoms with Crippen LogP contribution in [0.1, 0.15) is 30.9 Å². The van der Waals surface area contributed by atoms with Crippen molar-refractivity contribution < 1.29 is 14.3 Å². The first-order valence-corrected chi connectivity index (χ1v) is 8.76. The van der Waals surface area contributed by atoms with E-state index in [1.54, 1.807) is 13.2 Å². The van der Waals surface area contributed by atoms with Crippen LogP contribution in [0.25, 0.3) is 0 Å². The fraction of sp³-hybridized carbons (Fsp3) is 0.381. The second kappa shape index (κ2) is 9.72. The third-order valence-corrected chi connectivity index (χ3v) is 4.04. The van der Waals surface area contributed by atoms with Crippen molar-refractivity contribution in [1.82, 2.24) is 5.32 Å². The summed E-state index contributed by atoms with van der Waals surface area (Å²) >= 11 is 0. The van der Waals surface area contributed by atoms with Crippen molar-refractivity contribution in [2.45, 2.75) is 39.2 Å². The Morgan fingerprint density at radius 2 is 1.84 bits per heavy atom. The van der Waals surface area contributed by atoms with Gasteiger partial charge in [0.1, 0.15) is 11.5 Å². The molecule has 0 bridgehead atoms. The van der Waals surface area contributed by atoms with Gasteiger partial charge < -0.3 is 14.8 Å². The number of aryl methyl sites for hydroxylation is 2. The summed E-state index contributed by atoms with van der Waals surface area (Å²) in [5.74, 6) is 1.28. The lowest BCUT2D eigenvalue weighted by atomic mass is 10.1. The first kappa shape index (κ1) is 18.8. The van der Waals surface area contributed by atoms with Crippen LogP contribution in [-0.2, 0) is 11.2 Å². The Bertz CT molecular complexity index is 667. The second-order valence-electron chi connectivity index (χ2n) is 6.07. The smallest absolute Gasteiger partial charge is 0.261 e. The van der Waals surface area contributed by atoms with Crippen LogP contribution in [0.2, 0.25) is 0 Å². The van der Waals surface area contributed by atoms with Gasteiger partial charge in [-0.2, -0.15) is 0 Å². The molecule has 1 atom stereocenters. The van der Waals surface area contributed by atoms with Crippen molar-refractivity contribution in [3.63, 3.8) is 0 Å². The SMILES string of the molecule is CC[C@H](Oc1cccc(OC)c1)C(=O)NCCCc1ccc(C)cc1. The summed E-state index contributed by atoms with van der Waals surface area (Å²) in [6.45, 7) is 4.67. The molecule has 25 heavy (non-hydrogen) atoms. The zero-order chi connectivity index (χ0) is 18.1. The van der Waals surface area contributed by atoms with E-state index in [1.165, 1.54) is 11.1 Å². The number of methoxy groups -OCH3 is 1. The molecule has 2 aromatic carbocycles. The molecule has 2 rings (SSSR count). The number of benzene rings is 2. The van der Waals surface area contributed by atoms with Crippen LogP contribution in [0.15, 0.2) is 48.5 Å². The average molecular weight is 341 g/mol. The number of amides is 1. The molecule has 4 heteroatoms. The number of carbonyl (C=O) groups excluding carboxylic acids is 1. The molecule has 134 valence electrons. The Hall–Kier alpha value is -2.49. The molecule has 2 aromatic rings. The van der Waals surface area contributed by atoms with Crippen molar-refractivity contribution in [2.75, 3.05) is 13.7 Å². The number of carbonyl (C=O) groups is 1. The first-order valence-electron chi connectivity index (χ1n) is 8.76. The number of nitrogens with one attached hydrogen (secondary N) is 1. The van der Waals surface area contributed by atoms with Gasteiger partial charge in [0.25, 0.3) is 5.91 Å². The van der Waals surface area contributed by atoms with E-state index < -0.39 is 6.10 Å². The molecule has 0 saturated heterocycles. The molecule has 0 unspecified atom stereocenters. The summed E-state index contributed by atoms with van der Waals surface area (Å²) in [4.78, 5) is 12.3. The zero-order valence-electron chi connectivity index (χ0n) is 15.2. The molecular formula is C21H27NO3. The van der Waals surface area contributed by atoms with Gasteiger partial charge in [-0.15, -0.1) is 0 Å². The summed E-state index contributed by atoms with van der Waals surface area (Å²) < 4.78 is 11.0. The van der Waals surface area contributed by atoms with E-state index >= 15 is 0 Å². The van der Waals surface area contributed by atoms with E-state index in [0.29, 0.717) is 24.5 Å². The minimum absolute atomic E-state index is 0.0748. The average Bonchev–Trinajstić information content (AvgIpc) is 2.64. The molecule has 0 heterocycles. The summed E-state index contributed by atoms with van der Waals surface area (Å²) in [7, 11) is 1.61. The van der Waals surface area contributed by atoms with Gasteiger partial charge in [-0.1, -0.05) is 42.8 Å². The highest BCUT2D eigenvalue weighted by Gasteiger charge is 2.18. The maximum Gasteiger partial charge on any atom is 0.261 e. The van der Waals surface area contributed by atoms with Crippen LogP contribution in [0.5, 0.6) is 11.5 Å². The summed E-state index contributed by atoms with van der Waals surface area (Å²) in [5.41, 5.74) is 2.55. The van der Waals surface area contributed by atoms with Gasteiger partial charge >= 0.3 is 0 Å². The van der Waals surface area contributed by atoms with Crippen LogP contribution >= 0.6 is 0 Å². The van der Waals surface area contributed by atoms with E-state index in [0.717, 1.165) is 12.8 Å². The lowest BCUT2D eigenvalue weighted by molar-refractivity contribution is -0.128. The second-order valence-corrected chi connectivity index (χ2v) is 6.07. The summed E-state index contributed by atoms with van der Waals surface area (Å²) in [6, 6.07) is 15.8. The molecule has 0 fully saturated rings. The monoisotopic (exact) mass is 341 g/mol. The van der Waals surface area contributed by atoms with E-state index in [2.05, 4.69) is 36.5 Å². The number of hydrogen-bond acceptors (Lipinski definition) is 3. The first-order chi connectivity index (χ1) is 12.1. The highest BCUT2D eigenvalue weighted by atomic mass is 16.5. The Kier molecular flexibility index (Phi) is 7.33. The minimum atomic E-state index is -0.494. The Labute approximate surface area is 150 Å². The van der Waals surface area contributed by atoms with Gasteiger partial charge in [0.2, 0.25) is 0 Å². The van der Waals surface area contributed by atoms with Gasteiger partial charge in [-0.3, -0.25) is 4.79 Å². The molecule has 4 nitrogen and oxygen atoms in total. The predicted octanol–water partition coefficient (Wildman–Crippen LogP) is 3.91. The van der Waals surface area contributed by atoms with Crippen LogP contribution in [0.4, 0.5) is 0 Å². The molecule has 0 aliphatic carbocycles. The molecule has 0 aromatic heterocycles. The molecule has 0 saturated carbocycles. The maximum absolute atomic E-state index is 12.3. The molecule has 1 amide bonds. The molecule has 0 radical (unpaired) electrons. The zero-order valence-corrected chi connectivity index (χ0v) is 15.2. The van der Waals surface area contributed by atoms with Gasteiger partial charge in [0.05, 0.1) is 7.11 Å². The number of rotatable bonds is 9. The highest BCUT2D eigenvalue weighted by molar-refractivity contribution is 5.81. The molecular weight excluding hydrogens is 314 g/mol. The largest absolute Gasteiger partial charge is 0.497 e. The Balaban J connectivity index is 1.78. The lowest BCUT2D eigenvalue weighted by Crippen LogP contribution is -2.38. The molecule has 1 N–H and O–H groups in total. The minimum Gasteiger partial charge on any atom is -0.497 e. The normalized spacial score (nSPS) is 11.6. The molecule has 0 aliphatic heterocycles. The molecule has 0 spiro atoms. The fourth-order valence-electron chi connectivity index (χ4n) is 2.53. The van der Waals surface area contributed by atoms with E-state index in [4.69, 9.17) is 9.47 Å². The van der Waals surface area contributed by atoms with E-state index in [1.807, 2.05) is 25.1 Å². The van der Waals surface area contributed by atoms with Crippen molar-refractivity contribution in [3.05, 3.63) is 59.7 Å². The van der Waals surface area contributed by atoms with Crippen LogP contribution in [0, 0.1) is 6.92 Å². The Morgan fingerprint density at radius 3 is 2.52 bits per heavy atom.